The summed E-state index contributed by atoms with van der Waals surface area (Å²) in [4.78, 5) is 0. The fraction of sp³-hybridized carbons (Fsp3) is 1.00. The molecule has 1 atom stereocenters. The molecular formula is C5H13ClNO2P. The number of rotatable bonds is 5. The lowest BCUT2D eigenvalue weighted by Gasteiger charge is -2.09. The van der Waals surface area contributed by atoms with Crippen molar-refractivity contribution in [1.82, 2.24) is 5.09 Å². The van der Waals surface area contributed by atoms with E-state index in [1.54, 1.807) is 6.92 Å². The molecule has 0 aliphatic rings. The fourth-order valence-corrected chi connectivity index (χ4v) is 1.92. The maximum Gasteiger partial charge on any atom is 0.360 e. The maximum absolute atomic E-state index is 11.0. The topological polar surface area (TPSA) is 38.3 Å². The highest BCUT2D eigenvalue weighted by Gasteiger charge is 2.15. The first-order chi connectivity index (χ1) is 4.62. The van der Waals surface area contributed by atoms with E-state index in [-0.39, 0.29) is 0 Å². The number of hydrogen-bond donors (Lipinski definition) is 1. The first kappa shape index (κ1) is 10.4. The maximum atomic E-state index is 11.0. The summed E-state index contributed by atoms with van der Waals surface area (Å²) in [7, 11) is 0. The van der Waals surface area contributed by atoms with E-state index in [0.717, 1.165) is 6.42 Å². The lowest BCUT2D eigenvalue weighted by atomic mass is 10.5. The lowest BCUT2D eigenvalue weighted by Crippen LogP contribution is -2.09. The van der Waals surface area contributed by atoms with Crippen LogP contribution in [0.15, 0.2) is 0 Å². The van der Waals surface area contributed by atoms with Crippen molar-refractivity contribution in [3.8, 4) is 0 Å². The molecule has 0 rings (SSSR count). The highest BCUT2D eigenvalue weighted by Crippen LogP contribution is 2.47. The third-order valence-corrected chi connectivity index (χ3v) is 2.69. The van der Waals surface area contributed by atoms with Gasteiger partial charge in [0, 0.05) is 6.54 Å². The molecule has 0 aromatic rings. The normalized spacial score (nSPS) is 16.7. The highest BCUT2D eigenvalue weighted by molar-refractivity contribution is 7.83. The van der Waals surface area contributed by atoms with Crippen LogP contribution < -0.4 is 5.09 Å². The van der Waals surface area contributed by atoms with Crippen molar-refractivity contribution in [2.75, 3.05) is 13.2 Å². The third-order valence-electron chi connectivity index (χ3n) is 0.846. The van der Waals surface area contributed by atoms with Gasteiger partial charge in [0.05, 0.1) is 6.61 Å². The minimum Gasteiger partial charge on any atom is -0.307 e. The average molecular weight is 186 g/mol. The van der Waals surface area contributed by atoms with Crippen LogP contribution in [-0.4, -0.2) is 13.2 Å². The highest BCUT2D eigenvalue weighted by atomic mass is 35.7. The quantitative estimate of drug-likeness (QED) is 0.669. The molecule has 0 saturated heterocycles. The fourth-order valence-electron chi connectivity index (χ4n) is 0.457. The summed E-state index contributed by atoms with van der Waals surface area (Å²) >= 11 is 5.44. The monoisotopic (exact) mass is 185 g/mol. The van der Waals surface area contributed by atoms with Crippen molar-refractivity contribution >= 4 is 18.1 Å². The van der Waals surface area contributed by atoms with E-state index in [1.165, 1.54) is 0 Å². The van der Waals surface area contributed by atoms with Crippen LogP contribution in [0.3, 0.4) is 0 Å². The van der Waals surface area contributed by atoms with Crippen molar-refractivity contribution in [3.05, 3.63) is 0 Å². The Kier molecular flexibility index (Phi) is 5.36. The van der Waals surface area contributed by atoms with Crippen LogP contribution in [-0.2, 0) is 9.09 Å². The van der Waals surface area contributed by atoms with Crippen LogP contribution in [0.4, 0.5) is 0 Å². The Bertz CT molecular complexity index is 131. The minimum absolute atomic E-state index is 0.373. The summed E-state index contributed by atoms with van der Waals surface area (Å²) in [5.74, 6) is 0. The van der Waals surface area contributed by atoms with Gasteiger partial charge in [-0.2, -0.15) is 0 Å². The van der Waals surface area contributed by atoms with Crippen molar-refractivity contribution in [3.63, 3.8) is 0 Å². The van der Waals surface area contributed by atoms with Crippen molar-refractivity contribution in [2.24, 2.45) is 0 Å². The van der Waals surface area contributed by atoms with E-state index in [2.05, 4.69) is 5.09 Å². The van der Waals surface area contributed by atoms with Gasteiger partial charge in [-0.05, 0) is 24.6 Å². The van der Waals surface area contributed by atoms with Crippen LogP contribution in [0.25, 0.3) is 0 Å². The lowest BCUT2D eigenvalue weighted by molar-refractivity contribution is 0.337. The summed E-state index contributed by atoms with van der Waals surface area (Å²) in [5, 5.41) is 2.61. The zero-order valence-electron chi connectivity index (χ0n) is 6.26. The molecule has 0 radical (unpaired) electrons. The van der Waals surface area contributed by atoms with Gasteiger partial charge in [-0.25, -0.2) is 5.09 Å². The predicted octanol–water partition coefficient (Wildman–Crippen LogP) is 2.37. The SMILES string of the molecule is CCCNP(=O)(Cl)OCC. The minimum atomic E-state index is -2.99. The Morgan fingerprint density at radius 1 is 1.60 bits per heavy atom. The summed E-state index contributed by atoms with van der Waals surface area (Å²) in [6.45, 7) is 1.73. The molecule has 0 heterocycles. The Hall–Kier alpha value is 0.440. The van der Waals surface area contributed by atoms with Crippen LogP contribution in [0.2, 0.25) is 0 Å². The Morgan fingerprint density at radius 2 is 2.20 bits per heavy atom. The molecule has 10 heavy (non-hydrogen) atoms. The van der Waals surface area contributed by atoms with Crippen molar-refractivity contribution < 1.29 is 9.09 Å². The van der Waals surface area contributed by atoms with E-state index in [4.69, 9.17) is 15.8 Å². The molecule has 0 aromatic carbocycles. The Labute approximate surface area is 66.4 Å². The molecule has 5 heteroatoms. The van der Waals surface area contributed by atoms with Crippen LogP contribution in [0.5, 0.6) is 0 Å². The zero-order chi connectivity index (χ0) is 8.04. The molecule has 0 bridgehead atoms. The number of halogens is 1. The van der Waals surface area contributed by atoms with E-state index >= 15 is 0 Å². The molecule has 62 valence electrons. The molecule has 0 spiro atoms. The van der Waals surface area contributed by atoms with Gasteiger partial charge in [0.15, 0.2) is 0 Å². The molecule has 0 aromatic heterocycles. The van der Waals surface area contributed by atoms with E-state index in [0.29, 0.717) is 13.2 Å². The van der Waals surface area contributed by atoms with Crippen LogP contribution in [0, 0.1) is 0 Å². The molecule has 1 N–H and O–H groups in total. The van der Waals surface area contributed by atoms with Crippen LogP contribution in [0.1, 0.15) is 20.3 Å². The Balaban J connectivity index is 3.53. The second-order valence-corrected chi connectivity index (χ2v) is 4.67. The third kappa shape index (κ3) is 5.24. The van der Waals surface area contributed by atoms with Gasteiger partial charge in [-0.1, -0.05) is 6.92 Å². The first-order valence-corrected chi connectivity index (χ1v) is 5.84. The number of hydrogen-bond acceptors (Lipinski definition) is 2. The van der Waals surface area contributed by atoms with Gasteiger partial charge in [-0.15, -0.1) is 0 Å². The van der Waals surface area contributed by atoms with E-state index < -0.39 is 6.87 Å². The summed E-state index contributed by atoms with van der Waals surface area (Å²) in [6.07, 6.45) is 0.893. The van der Waals surface area contributed by atoms with E-state index in [1.807, 2.05) is 6.92 Å². The van der Waals surface area contributed by atoms with Crippen molar-refractivity contribution in [2.45, 2.75) is 20.3 Å². The predicted molar refractivity (Wildman–Crippen MR) is 43.4 cm³/mol. The Morgan fingerprint density at radius 3 is 2.60 bits per heavy atom. The molecule has 0 amide bonds. The summed E-state index contributed by atoms with van der Waals surface area (Å²) in [5.41, 5.74) is 0. The van der Waals surface area contributed by atoms with Gasteiger partial charge in [0.1, 0.15) is 0 Å². The smallest absolute Gasteiger partial charge is 0.307 e. The van der Waals surface area contributed by atoms with E-state index in [9.17, 15) is 4.57 Å². The second kappa shape index (κ2) is 5.14. The number of nitrogens with one attached hydrogen (secondary N) is 1. The standard InChI is InChI=1S/C5H13ClNO2P/c1-3-5-7-10(6,8)9-4-2/h3-5H2,1-2H3,(H,7,8). The van der Waals surface area contributed by atoms with Crippen molar-refractivity contribution in [1.29, 1.82) is 0 Å². The molecule has 0 fully saturated rings. The summed E-state index contributed by atoms with van der Waals surface area (Å²) in [6, 6.07) is 0. The van der Waals surface area contributed by atoms with Gasteiger partial charge in [0.2, 0.25) is 0 Å². The molecule has 1 unspecified atom stereocenters. The van der Waals surface area contributed by atoms with Gasteiger partial charge < -0.3 is 4.52 Å². The van der Waals surface area contributed by atoms with Gasteiger partial charge in [0.25, 0.3) is 0 Å². The second-order valence-electron chi connectivity index (χ2n) is 1.81. The largest absolute Gasteiger partial charge is 0.360 e. The molecule has 0 aliphatic carbocycles. The molecule has 0 aliphatic heterocycles. The first-order valence-electron chi connectivity index (χ1n) is 3.31. The van der Waals surface area contributed by atoms with Gasteiger partial charge >= 0.3 is 6.87 Å². The molecule has 3 nitrogen and oxygen atoms in total. The zero-order valence-corrected chi connectivity index (χ0v) is 7.91. The average Bonchev–Trinajstić information content (AvgIpc) is 1.84. The van der Waals surface area contributed by atoms with Gasteiger partial charge in [-0.3, -0.25) is 4.57 Å². The van der Waals surface area contributed by atoms with Crippen LogP contribution >= 0.6 is 18.1 Å². The molecular weight excluding hydrogens is 172 g/mol. The molecule has 0 saturated carbocycles. The summed E-state index contributed by atoms with van der Waals surface area (Å²) < 4.78 is 15.7.